The molecule has 0 amide bonds. The zero-order valence-electron chi connectivity index (χ0n) is 5.69. The third-order valence-electron chi connectivity index (χ3n) is 3.65. The maximum atomic E-state index is 5.48. The van der Waals surface area contributed by atoms with Crippen molar-refractivity contribution in [1.29, 1.82) is 0 Å². The van der Waals surface area contributed by atoms with E-state index in [1.165, 1.54) is 12.8 Å². The van der Waals surface area contributed by atoms with Gasteiger partial charge in [-0.2, -0.15) is 0 Å². The Morgan fingerprint density at radius 1 is 0.800 bits per heavy atom. The number of epoxide rings is 2. The van der Waals surface area contributed by atoms with Crippen LogP contribution < -0.4 is 0 Å². The molecule has 2 aliphatic carbocycles. The van der Waals surface area contributed by atoms with Crippen LogP contribution in [0.3, 0.4) is 0 Å². The summed E-state index contributed by atoms with van der Waals surface area (Å²) in [7, 11) is 0. The van der Waals surface area contributed by atoms with Crippen LogP contribution in [0, 0.1) is 11.8 Å². The molecule has 0 bridgehead atoms. The average Bonchev–Trinajstić information content (AvgIpc) is 2.76. The molecule has 0 aromatic heterocycles. The number of rotatable bonds is 0. The van der Waals surface area contributed by atoms with E-state index in [1.54, 1.807) is 0 Å². The van der Waals surface area contributed by atoms with E-state index < -0.39 is 0 Å². The number of hydrogen-bond acceptors (Lipinski definition) is 2. The normalized spacial score (nSPS) is 74.4. The van der Waals surface area contributed by atoms with Crippen molar-refractivity contribution in [3.8, 4) is 0 Å². The Kier molecular flexibility index (Phi) is 0.551. The van der Waals surface area contributed by atoms with Gasteiger partial charge in [0.2, 0.25) is 0 Å². The van der Waals surface area contributed by atoms with Crippen LogP contribution in [0.5, 0.6) is 0 Å². The minimum atomic E-state index is 0.653. The van der Waals surface area contributed by atoms with Crippen molar-refractivity contribution in [2.45, 2.75) is 37.3 Å². The van der Waals surface area contributed by atoms with E-state index in [0.717, 1.165) is 11.8 Å². The summed E-state index contributed by atoms with van der Waals surface area (Å²) in [5, 5.41) is 0. The molecule has 2 heterocycles. The molecule has 2 saturated heterocycles. The zero-order valence-corrected chi connectivity index (χ0v) is 5.69. The molecular formula is C8H10O2. The lowest BCUT2D eigenvalue weighted by Gasteiger charge is -2.13. The Morgan fingerprint density at radius 2 is 1.30 bits per heavy atom. The van der Waals surface area contributed by atoms with E-state index in [0.29, 0.717) is 24.4 Å². The molecule has 10 heavy (non-hydrogen) atoms. The second-order valence-corrected chi connectivity index (χ2v) is 4.08. The standard InChI is InChI=1S/C8H10O2/c1-3-4(8-5(1)9-8)2-6-7(3)10-6/h3-8H,1-2H2. The summed E-state index contributed by atoms with van der Waals surface area (Å²) >= 11 is 0. The lowest BCUT2D eigenvalue weighted by atomic mass is 9.98. The highest BCUT2D eigenvalue weighted by atomic mass is 16.6. The van der Waals surface area contributed by atoms with E-state index in [2.05, 4.69) is 0 Å². The highest BCUT2D eigenvalue weighted by Gasteiger charge is 2.67. The molecule has 2 saturated carbocycles. The molecule has 4 rings (SSSR count). The number of ether oxygens (including phenoxy) is 2. The van der Waals surface area contributed by atoms with Crippen molar-refractivity contribution in [3.63, 3.8) is 0 Å². The van der Waals surface area contributed by atoms with Gasteiger partial charge in [0, 0.05) is 0 Å². The molecule has 4 fully saturated rings. The fraction of sp³-hybridized carbons (Fsp3) is 1.00. The second-order valence-electron chi connectivity index (χ2n) is 4.08. The molecule has 0 spiro atoms. The summed E-state index contributed by atoms with van der Waals surface area (Å²) in [4.78, 5) is 0. The van der Waals surface area contributed by atoms with Crippen LogP contribution in [0.1, 0.15) is 12.8 Å². The molecule has 0 aromatic rings. The summed E-state index contributed by atoms with van der Waals surface area (Å²) in [6.45, 7) is 0. The van der Waals surface area contributed by atoms with Gasteiger partial charge in [0.1, 0.15) is 0 Å². The lowest BCUT2D eigenvalue weighted by molar-refractivity contribution is 0.148. The van der Waals surface area contributed by atoms with E-state index in [4.69, 9.17) is 9.47 Å². The van der Waals surface area contributed by atoms with Crippen LogP contribution in [-0.2, 0) is 9.47 Å². The van der Waals surface area contributed by atoms with Crippen LogP contribution in [-0.4, -0.2) is 24.4 Å². The largest absolute Gasteiger partial charge is 0.369 e. The predicted molar refractivity (Wildman–Crippen MR) is 33.5 cm³/mol. The quantitative estimate of drug-likeness (QED) is 0.457. The molecule has 2 aliphatic heterocycles. The average molecular weight is 138 g/mol. The van der Waals surface area contributed by atoms with Crippen LogP contribution in [0.4, 0.5) is 0 Å². The first-order valence-electron chi connectivity index (χ1n) is 4.24. The summed E-state index contributed by atoms with van der Waals surface area (Å²) in [5.74, 6) is 1.79. The first kappa shape index (κ1) is 4.73. The van der Waals surface area contributed by atoms with Crippen molar-refractivity contribution >= 4 is 0 Å². The number of fused-ring (bicyclic) bond motifs is 5. The van der Waals surface area contributed by atoms with Gasteiger partial charge in [-0.25, -0.2) is 0 Å². The smallest absolute Gasteiger partial charge is 0.0874 e. The van der Waals surface area contributed by atoms with Gasteiger partial charge >= 0.3 is 0 Å². The third-order valence-corrected chi connectivity index (χ3v) is 3.65. The molecule has 0 aromatic carbocycles. The summed E-state index contributed by atoms with van der Waals surface area (Å²) in [5.41, 5.74) is 0. The minimum Gasteiger partial charge on any atom is -0.369 e. The van der Waals surface area contributed by atoms with E-state index >= 15 is 0 Å². The first-order chi connectivity index (χ1) is 4.93. The van der Waals surface area contributed by atoms with E-state index in [-0.39, 0.29) is 0 Å². The zero-order chi connectivity index (χ0) is 6.29. The van der Waals surface area contributed by atoms with Crippen molar-refractivity contribution in [3.05, 3.63) is 0 Å². The fourth-order valence-electron chi connectivity index (χ4n) is 3.09. The van der Waals surface area contributed by atoms with Gasteiger partial charge in [0.25, 0.3) is 0 Å². The van der Waals surface area contributed by atoms with Crippen LogP contribution >= 0.6 is 0 Å². The molecule has 4 aliphatic rings. The summed E-state index contributed by atoms with van der Waals surface area (Å²) < 4.78 is 11.0. The van der Waals surface area contributed by atoms with Crippen molar-refractivity contribution in [1.82, 2.24) is 0 Å². The van der Waals surface area contributed by atoms with Crippen molar-refractivity contribution in [2.75, 3.05) is 0 Å². The molecule has 54 valence electrons. The fourth-order valence-corrected chi connectivity index (χ4v) is 3.09. The molecule has 6 atom stereocenters. The second kappa shape index (κ2) is 1.16. The predicted octanol–water partition coefficient (Wildman–Crippen LogP) is 0.561. The lowest BCUT2D eigenvalue weighted by Crippen LogP contribution is -2.14. The summed E-state index contributed by atoms with van der Waals surface area (Å²) in [6, 6.07) is 0. The van der Waals surface area contributed by atoms with Gasteiger partial charge in [-0.05, 0) is 24.7 Å². The maximum absolute atomic E-state index is 5.48. The van der Waals surface area contributed by atoms with E-state index in [9.17, 15) is 0 Å². The van der Waals surface area contributed by atoms with Crippen molar-refractivity contribution in [2.24, 2.45) is 11.8 Å². The van der Waals surface area contributed by atoms with Crippen LogP contribution in [0.15, 0.2) is 0 Å². The third kappa shape index (κ3) is 0.372. The van der Waals surface area contributed by atoms with Crippen molar-refractivity contribution < 1.29 is 9.47 Å². The molecule has 6 unspecified atom stereocenters. The van der Waals surface area contributed by atoms with Gasteiger partial charge < -0.3 is 9.47 Å². The van der Waals surface area contributed by atoms with Gasteiger partial charge in [-0.3, -0.25) is 0 Å². The molecule has 0 N–H and O–H groups in total. The molecule has 2 nitrogen and oxygen atoms in total. The Labute approximate surface area is 59.5 Å². The van der Waals surface area contributed by atoms with Crippen LogP contribution in [0.25, 0.3) is 0 Å². The monoisotopic (exact) mass is 138 g/mol. The SMILES string of the molecule is C1C2OC2C2CC3OC3C12. The Hall–Kier alpha value is -0.0800. The van der Waals surface area contributed by atoms with Crippen LogP contribution in [0.2, 0.25) is 0 Å². The summed E-state index contributed by atoms with van der Waals surface area (Å²) in [6.07, 6.45) is 5.25. The Balaban J connectivity index is 1.75. The van der Waals surface area contributed by atoms with Gasteiger partial charge in [0.15, 0.2) is 0 Å². The Morgan fingerprint density at radius 3 is 1.80 bits per heavy atom. The van der Waals surface area contributed by atoms with E-state index in [1.807, 2.05) is 0 Å². The topological polar surface area (TPSA) is 25.1 Å². The van der Waals surface area contributed by atoms with Gasteiger partial charge in [-0.15, -0.1) is 0 Å². The molecule has 0 radical (unpaired) electrons. The molecule has 2 heteroatoms. The number of hydrogen-bond donors (Lipinski definition) is 0. The van der Waals surface area contributed by atoms with Gasteiger partial charge in [-0.1, -0.05) is 0 Å². The highest BCUT2D eigenvalue weighted by molar-refractivity contribution is 5.14. The maximum Gasteiger partial charge on any atom is 0.0874 e. The highest BCUT2D eigenvalue weighted by Crippen LogP contribution is 2.60. The Bertz CT molecular complexity index is 181. The molecular weight excluding hydrogens is 128 g/mol. The first-order valence-corrected chi connectivity index (χ1v) is 4.24. The van der Waals surface area contributed by atoms with Gasteiger partial charge in [0.05, 0.1) is 24.4 Å². The minimum absolute atomic E-state index is 0.653.